The molecule has 26 heavy (non-hydrogen) atoms. The highest BCUT2D eigenvalue weighted by molar-refractivity contribution is 7.99. The molecule has 138 valence electrons. The van der Waals surface area contributed by atoms with Gasteiger partial charge in [-0.15, -0.1) is 10.2 Å². The van der Waals surface area contributed by atoms with Gasteiger partial charge >= 0.3 is 0 Å². The molecule has 1 saturated carbocycles. The van der Waals surface area contributed by atoms with E-state index in [1.54, 1.807) is 0 Å². The maximum absolute atomic E-state index is 12.5. The molecule has 1 aliphatic carbocycles. The van der Waals surface area contributed by atoms with Gasteiger partial charge in [0.25, 0.3) is 5.22 Å². The van der Waals surface area contributed by atoms with E-state index in [1.165, 1.54) is 28.6 Å². The topological polar surface area (TPSA) is 62.5 Å². The number of hydrogen-bond donors (Lipinski definition) is 0. The molecule has 1 amide bonds. The van der Waals surface area contributed by atoms with E-state index in [4.69, 9.17) is 4.42 Å². The number of carbonyl (C=O) groups is 1. The Morgan fingerprint density at radius 2 is 1.96 bits per heavy atom. The summed E-state index contributed by atoms with van der Waals surface area (Å²) in [5.74, 6) is 1.67. The lowest BCUT2D eigenvalue weighted by molar-refractivity contribution is -0.128. The van der Waals surface area contributed by atoms with Crippen molar-refractivity contribution in [1.29, 1.82) is 0 Å². The average molecular weight is 372 g/mol. The smallest absolute Gasteiger partial charge is 0.277 e. The Hall–Kier alpha value is -2.02. The van der Waals surface area contributed by atoms with Crippen molar-refractivity contribution >= 4 is 23.4 Å². The zero-order valence-electron chi connectivity index (χ0n) is 15.3. The average Bonchev–Trinajstić information content (AvgIpc) is 3.40. The molecule has 2 aromatic rings. The van der Waals surface area contributed by atoms with Crippen molar-refractivity contribution in [3.05, 3.63) is 35.2 Å². The van der Waals surface area contributed by atoms with Crippen LogP contribution in [0, 0.1) is 13.8 Å². The van der Waals surface area contributed by atoms with E-state index in [1.807, 2.05) is 4.90 Å². The molecule has 6 nitrogen and oxygen atoms in total. The SMILES string of the molecule is Cc1cccc(N2CCN(C(=O)CSc3nnc(C4CC4)o3)CC2)c1C. The molecule has 2 aliphatic rings. The molecule has 1 aliphatic heterocycles. The summed E-state index contributed by atoms with van der Waals surface area (Å²) in [4.78, 5) is 16.8. The van der Waals surface area contributed by atoms with Gasteiger partial charge in [0.2, 0.25) is 11.8 Å². The van der Waals surface area contributed by atoms with Crippen molar-refractivity contribution in [2.45, 2.75) is 37.8 Å². The van der Waals surface area contributed by atoms with Crippen LogP contribution in [0.3, 0.4) is 0 Å². The molecule has 0 spiro atoms. The molecule has 0 atom stereocenters. The maximum Gasteiger partial charge on any atom is 0.277 e. The van der Waals surface area contributed by atoms with Crippen molar-refractivity contribution in [2.24, 2.45) is 0 Å². The molecule has 2 heterocycles. The van der Waals surface area contributed by atoms with Crippen molar-refractivity contribution in [3.8, 4) is 0 Å². The number of benzene rings is 1. The normalized spacial score (nSPS) is 17.6. The molecule has 2 fully saturated rings. The third-order valence-corrected chi connectivity index (χ3v) is 6.02. The number of piperazine rings is 1. The van der Waals surface area contributed by atoms with Crippen LogP contribution in [-0.2, 0) is 4.79 Å². The van der Waals surface area contributed by atoms with E-state index in [9.17, 15) is 4.79 Å². The van der Waals surface area contributed by atoms with Crippen LogP contribution in [0.15, 0.2) is 27.8 Å². The third-order valence-electron chi connectivity index (χ3n) is 5.22. The second-order valence-corrected chi connectivity index (χ2v) is 7.98. The van der Waals surface area contributed by atoms with Crippen LogP contribution in [0.5, 0.6) is 0 Å². The molecular formula is C19H24N4O2S. The van der Waals surface area contributed by atoms with E-state index < -0.39 is 0 Å². The number of amides is 1. The molecule has 1 saturated heterocycles. The van der Waals surface area contributed by atoms with Crippen molar-refractivity contribution in [2.75, 3.05) is 36.8 Å². The van der Waals surface area contributed by atoms with Crippen LogP contribution in [-0.4, -0.2) is 52.9 Å². The number of hydrogen-bond acceptors (Lipinski definition) is 6. The Kier molecular flexibility index (Phi) is 4.89. The molecular weight excluding hydrogens is 348 g/mol. The Morgan fingerprint density at radius 1 is 1.19 bits per heavy atom. The van der Waals surface area contributed by atoms with Gasteiger partial charge in [-0.3, -0.25) is 4.79 Å². The standard InChI is InChI=1S/C19H24N4O2S/c1-13-4-3-5-16(14(13)2)22-8-10-23(11-9-22)17(24)12-26-19-21-20-18(25-19)15-6-7-15/h3-5,15H,6-12H2,1-2H3. The van der Waals surface area contributed by atoms with Crippen molar-refractivity contribution < 1.29 is 9.21 Å². The fourth-order valence-electron chi connectivity index (χ4n) is 3.26. The summed E-state index contributed by atoms with van der Waals surface area (Å²) in [7, 11) is 0. The fourth-order valence-corrected chi connectivity index (χ4v) is 3.94. The van der Waals surface area contributed by atoms with Crippen LogP contribution in [0.25, 0.3) is 0 Å². The van der Waals surface area contributed by atoms with Crippen LogP contribution in [0.4, 0.5) is 5.69 Å². The summed E-state index contributed by atoms with van der Waals surface area (Å²) in [5, 5.41) is 8.60. The van der Waals surface area contributed by atoms with E-state index in [0.717, 1.165) is 44.9 Å². The first-order valence-corrected chi connectivity index (χ1v) is 10.2. The molecule has 0 radical (unpaired) electrons. The lowest BCUT2D eigenvalue weighted by Gasteiger charge is -2.37. The number of nitrogens with zero attached hydrogens (tertiary/aromatic N) is 4. The Balaban J connectivity index is 1.28. The first-order valence-electron chi connectivity index (χ1n) is 9.17. The zero-order chi connectivity index (χ0) is 18.1. The van der Waals surface area contributed by atoms with Gasteiger partial charge in [0.05, 0.1) is 5.75 Å². The molecule has 0 bridgehead atoms. The molecule has 1 aromatic heterocycles. The lowest BCUT2D eigenvalue weighted by Crippen LogP contribution is -2.49. The molecule has 7 heteroatoms. The maximum atomic E-state index is 12.5. The summed E-state index contributed by atoms with van der Waals surface area (Å²) < 4.78 is 5.61. The molecule has 0 unspecified atom stereocenters. The number of thioether (sulfide) groups is 1. The predicted molar refractivity (Wildman–Crippen MR) is 102 cm³/mol. The van der Waals surface area contributed by atoms with E-state index in [2.05, 4.69) is 47.1 Å². The van der Waals surface area contributed by atoms with Gasteiger partial charge in [-0.2, -0.15) is 0 Å². The predicted octanol–water partition coefficient (Wildman–Crippen LogP) is 3.00. The number of anilines is 1. The van der Waals surface area contributed by atoms with E-state index in [-0.39, 0.29) is 5.91 Å². The Labute approximate surface area is 157 Å². The van der Waals surface area contributed by atoms with Gasteiger partial charge in [0, 0.05) is 37.8 Å². The van der Waals surface area contributed by atoms with Gasteiger partial charge < -0.3 is 14.2 Å². The molecule has 1 aromatic carbocycles. The Bertz CT molecular complexity index is 795. The van der Waals surface area contributed by atoms with E-state index >= 15 is 0 Å². The second-order valence-electron chi connectivity index (χ2n) is 7.06. The fraction of sp³-hybridized carbons (Fsp3) is 0.526. The summed E-state index contributed by atoms with van der Waals surface area (Å²) in [6, 6.07) is 6.41. The van der Waals surface area contributed by atoms with Gasteiger partial charge in [0.15, 0.2) is 0 Å². The minimum atomic E-state index is 0.141. The first-order chi connectivity index (χ1) is 12.6. The minimum absolute atomic E-state index is 0.141. The van der Waals surface area contributed by atoms with Gasteiger partial charge in [-0.05, 0) is 43.9 Å². The molecule has 4 rings (SSSR count). The largest absolute Gasteiger partial charge is 0.416 e. The monoisotopic (exact) mass is 372 g/mol. The van der Waals surface area contributed by atoms with Gasteiger partial charge in [-0.25, -0.2) is 0 Å². The van der Waals surface area contributed by atoms with E-state index in [0.29, 0.717) is 16.9 Å². The number of aryl methyl sites for hydroxylation is 1. The van der Waals surface area contributed by atoms with Crippen LogP contribution in [0.1, 0.15) is 35.8 Å². The highest BCUT2D eigenvalue weighted by Gasteiger charge is 2.29. The molecule has 0 N–H and O–H groups in total. The van der Waals surface area contributed by atoms with Crippen molar-refractivity contribution in [3.63, 3.8) is 0 Å². The second kappa shape index (κ2) is 7.31. The summed E-state index contributed by atoms with van der Waals surface area (Å²) in [5.41, 5.74) is 3.91. The first kappa shape index (κ1) is 17.4. The van der Waals surface area contributed by atoms with Crippen molar-refractivity contribution in [1.82, 2.24) is 15.1 Å². The lowest BCUT2D eigenvalue weighted by atomic mass is 10.1. The van der Waals surface area contributed by atoms with Crippen LogP contribution < -0.4 is 4.90 Å². The Morgan fingerprint density at radius 3 is 2.69 bits per heavy atom. The zero-order valence-corrected chi connectivity index (χ0v) is 16.1. The number of aromatic nitrogens is 2. The van der Waals surface area contributed by atoms with Crippen LogP contribution in [0.2, 0.25) is 0 Å². The minimum Gasteiger partial charge on any atom is -0.416 e. The summed E-state index contributed by atoms with van der Waals surface area (Å²) in [6.45, 7) is 7.55. The quantitative estimate of drug-likeness (QED) is 0.752. The third kappa shape index (κ3) is 3.72. The van der Waals surface area contributed by atoms with Crippen LogP contribution >= 0.6 is 11.8 Å². The summed E-state index contributed by atoms with van der Waals surface area (Å²) in [6.07, 6.45) is 2.27. The van der Waals surface area contributed by atoms with Gasteiger partial charge in [-0.1, -0.05) is 23.9 Å². The number of carbonyl (C=O) groups excluding carboxylic acids is 1. The highest BCUT2D eigenvalue weighted by atomic mass is 32.2. The summed E-state index contributed by atoms with van der Waals surface area (Å²) >= 11 is 1.34. The number of rotatable bonds is 5. The highest BCUT2D eigenvalue weighted by Crippen LogP contribution is 2.39. The van der Waals surface area contributed by atoms with Gasteiger partial charge in [0.1, 0.15) is 0 Å².